The Bertz CT molecular complexity index is 516. The van der Waals surface area contributed by atoms with E-state index < -0.39 is 0 Å². The normalized spacial score (nSPS) is 12.4. The summed E-state index contributed by atoms with van der Waals surface area (Å²) in [7, 11) is 0. The van der Waals surface area contributed by atoms with Crippen LogP contribution in [0, 0.1) is 13.8 Å². The molecule has 1 unspecified atom stereocenters. The van der Waals surface area contributed by atoms with Gasteiger partial charge in [-0.3, -0.25) is 4.98 Å². The second-order valence-corrected chi connectivity index (χ2v) is 4.11. The molecule has 0 aliphatic carbocycles. The van der Waals surface area contributed by atoms with Crippen LogP contribution in [0.15, 0.2) is 30.5 Å². The molecule has 88 valence electrons. The highest BCUT2D eigenvalue weighted by molar-refractivity contribution is 5.48. The first kappa shape index (κ1) is 11.5. The van der Waals surface area contributed by atoms with Gasteiger partial charge in [0.25, 0.3) is 0 Å². The number of hydrogen-bond donors (Lipinski definition) is 2. The number of rotatable bonds is 2. The van der Waals surface area contributed by atoms with E-state index in [4.69, 9.17) is 11.5 Å². The smallest absolute Gasteiger partial charge is 0.128 e. The zero-order valence-corrected chi connectivity index (χ0v) is 10.0. The van der Waals surface area contributed by atoms with Gasteiger partial charge in [-0.15, -0.1) is 0 Å². The number of pyridine rings is 2. The van der Waals surface area contributed by atoms with Crippen LogP contribution in [0.5, 0.6) is 0 Å². The van der Waals surface area contributed by atoms with Crippen molar-refractivity contribution in [1.29, 1.82) is 0 Å². The van der Waals surface area contributed by atoms with Gasteiger partial charge in [0.15, 0.2) is 0 Å². The minimum Gasteiger partial charge on any atom is -0.383 e. The van der Waals surface area contributed by atoms with E-state index in [-0.39, 0.29) is 6.04 Å². The van der Waals surface area contributed by atoms with Gasteiger partial charge in [0.2, 0.25) is 0 Å². The van der Waals surface area contributed by atoms with Crippen molar-refractivity contribution >= 4 is 5.82 Å². The van der Waals surface area contributed by atoms with Gasteiger partial charge in [0.1, 0.15) is 5.82 Å². The predicted molar refractivity (Wildman–Crippen MR) is 68.4 cm³/mol. The quantitative estimate of drug-likeness (QED) is 0.820. The topological polar surface area (TPSA) is 77.8 Å². The van der Waals surface area contributed by atoms with Crippen molar-refractivity contribution < 1.29 is 0 Å². The van der Waals surface area contributed by atoms with E-state index in [1.165, 1.54) is 0 Å². The molecule has 0 bridgehead atoms. The van der Waals surface area contributed by atoms with Gasteiger partial charge >= 0.3 is 0 Å². The average Bonchev–Trinajstić information content (AvgIpc) is 2.28. The maximum Gasteiger partial charge on any atom is 0.128 e. The van der Waals surface area contributed by atoms with Gasteiger partial charge in [-0.25, -0.2) is 4.98 Å². The molecule has 1 atom stereocenters. The van der Waals surface area contributed by atoms with E-state index in [0.29, 0.717) is 5.82 Å². The van der Waals surface area contributed by atoms with Crippen molar-refractivity contribution in [3.63, 3.8) is 0 Å². The van der Waals surface area contributed by atoms with Crippen molar-refractivity contribution in [2.75, 3.05) is 5.73 Å². The van der Waals surface area contributed by atoms with Gasteiger partial charge in [-0.1, -0.05) is 6.07 Å². The Kier molecular flexibility index (Phi) is 3.06. The molecule has 0 aromatic carbocycles. The summed E-state index contributed by atoms with van der Waals surface area (Å²) in [6.45, 7) is 3.92. The molecule has 0 aliphatic rings. The van der Waals surface area contributed by atoms with E-state index in [1.807, 2.05) is 38.1 Å². The van der Waals surface area contributed by atoms with Gasteiger partial charge in [0.05, 0.1) is 11.7 Å². The molecule has 17 heavy (non-hydrogen) atoms. The van der Waals surface area contributed by atoms with Gasteiger partial charge in [-0.05, 0) is 37.6 Å². The van der Waals surface area contributed by atoms with E-state index in [1.54, 1.807) is 6.20 Å². The van der Waals surface area contributed by atoms with Crippen LogP contribution in [0.25, 0.3) is 0 Å². The molecule has 4 nitrogen and oxygen atoms in total. The van der Waals surface area contributed by atoms with E-state index >= 15 is 0 Å². The predicted octanol–water partition coefficient (Wildman–Crippen LogP) is 1.72. The molecule has 0 saturated heterocycles. The molecule has 2 aromatic heterocycles. The molecular formula is C13H16N4. The average molecular weight is 228 g/mol. The van der Waals surface area contributed by atoms with Crippen LogP contribution in [0.3, 0.4) is 0 Å². The monoisotopic (exact) mass is 228 g/mol. The summed E-state index contributed by atoms with van der Waals surface area (Å²) >= 11 is 0. The molecular weight excluding hydrogens is 212 g/mol. The largest absolute Gasteiger partial charge is 0.383 e. The summed E-state index contributed by atoms with van der Waals surface area (Å²) < 4.78 is 0. The van der Waals surface area contributed by atoms with Crippen LogP contribution in [0.2, 0.25) is 0 Å². The van der Waals surface area contributed by atoms with Gasteiger partial charge in [-0.2, -0.15) is 0 Å². The Labute approximate surface area is 101 Å². The van der Waals surface area contributed by atoms with Gasteiger partial charge in [0, 0.05) is 17.5 Å². The van der Waals surface area contributed by atoms with Gasteiger partial charge < -0.3 is 11.5 Å². The number of nitrogens with two attached hydrogens (primary N) is 2. The third kappa shape index (κ3) is 2.26. The lowest BCUT2D eigenvalue weighted by Gasteiger charge is -2.16. The zero-order chi connectivity index (χ0) is 12.4. The SMILES string of the molecule is Cc1cccc(C(N)c2c(C)ccnc2N)n1. The van der Waals surface area contributed by atoms with E-state index in [9.17, 15) is 0 Å². The second kappa shape index (κ2) is 4.51. The second-order valence-electron chi connectivity index (χ2n) is 4.11. The van der Waals surface area contributed by atoms with Crippen molar-refractivity contribution in [2.24, 2.45) is 5.73 Å². The molecule has 4 N–H and O–H groups in total. The molecule has 0 radical (unpaired) electrons. The Hall–Kier alpha value is -1.94. The van der Waals surface area contributed by atoms with E-state index in [2.05, 4.69) is 9.97 Å². The van der Waals surface area contributed by atoms with E-state index in [0.717, 1.165) is 22.5 Å². The maximum absolute atomic E-state index is 6.20. The highest BCUT2D eigenvalue weighted by atomic mass is 14.9. The lowest BCUT2D eigenvalue weighted by molar-refractivity contribution is 0.812. The Morgan fingerprint density at radius 3 is 2.59 bits per heavy atom. The molecule has 2 aromatic rings. The fourth-order valence-corrected chi connectivity index (χ4v) is 1.88. The number of aromatic nitrogens is 2. The zero-order valence-electron chi connectivity index (χ0n) is 10.0. The van der Waals surface area contributed by atoms with Crippen molar-refractivity contribution in [3.05, 3.63) is 53.0 Å². The molecule has 0 aliphatic heterocycles. The Balaban J connectivity index is 2.47. The lowest BCUT2D eigenvalue weighted by atomic mass is 10.00. The number of aryl methyl sites for hydroxylation is 2. The molecule has 2 rings (SSSR count). The first-order valence-corrected chi connectivity index (χ1v) is 5.49. The Morgan fingerprint density at radius 2 is 1.94 bits per heavy atom. The standard InChI is InChI=1S/C13H16N4/c1-8-6-7-16-13(15)11(8)12(14)10-5-3-4-9(2)17-10/h3-7,12H,14H2,1-2H3,(H2,15,16). The third-order valence-corrected chi connectivity index (χ3v) is 2.78. The maximum atomic E-state index is 6.20. The number of anilines is 1. The summed E-state index contributed by atoms with van der Waals surface area (Å²) in [5.74, 6) is 0.473. The highest BCUT2D eigenvalue weighted by Crippen LogP contribution is 2.25. The summed E-state index contributed by atoms with van der Waals surface area (Å²) in [4.78, 5) is 8.50. The number of hydrogen-bond acceptors (Lipinski definition) is 4. The fraction of sp³-hybridized carbons (Fsp3) is 0.231. The molecule has 4 heteroatoms. The van der Waals surface area contributed by atoms with Crippen molar-refractivity contribution in [1.82, 2.24) is 9.97 Å². The van der Waals surface area contributed by atoms with Crippen LogP contribution in [0.4, 0.5) is 5.82 Å². The van der Waals surface area contributed by atoms with Crippen LogP contribution in [-0.4, -0.2) is 9.97 Å². The minimum atomic E-state index is -0.330. The summed E-state index contributed by atoms with van der Waals surface area (Å²) in [5, 5.41) is 0. The Morgan fingerprint density at radius 1 is 1.18 bits per heavy atom. The van der Waals surface area contributed by atoms with Crippen LogP contribution in [0.1, 0.15) is 28.6 Å². The first-order chi connectivity index (χ1) is 8.09. The lowest BCUT2D eigenvalue weighted by Crippen LogP contribution is -2.17. The van der Waals surface area contributed by atoms with Crippen molar-refractivity contribution in [3.8, 4) is 0 Å². The highest BCUT2D eigenvalue weighted by Gasteiger charge is 2.16. The summed E-state index contributed by atoms with van der Waals surface area (Å²) in [5.41, 5.74) is 15.7. The first-order valence-electron chi connectivity index (χ1n) is 5.49. The summed E-state index contributed by atoms with van der Waals surface area (Å²) in [6, 6.07) is 7.36. The third-order valence-electron chi connectivity index (χ3n) is 2.78. The molecule has 2 heterocycles. The molecule has 0 saturated carbocycles. The number of nitrogen functional groups attached to an aromatic ring is 1. The molecule has 0 spiro atoms. The van der Waals surface area contributed by atoms with Crippen LogP contribution >= 0.6 is 0 Å². The van der Waals surface area contributed by atoms with Crippen LogP contribution in [-0.2, 0) is 0 Å². The fourth-order valence-electron chi connectivity index (χ4n) is 1.88. The molecule has 0 amide bonds. The molecule has 0 fully saturated rings. The van der Waals surface area contributed by atoms with Crippen molar-refractivity contribution in [2.45, 2.75) is 19.9 Å². The summed E-state index contributed by atoms with van der Waals surface area (Å²) in [6.07, 6.45) is 1.69. The van der Waals surface area contributed by atoms with Crippen LogP contribution < -0.4 is 11.5 Å². The minimum absolute atomic E-state index is 0.330. The number of nitrogens with zero attached hydrogens (tertiary/aromatic N) is 2.